The molecule has 3 aliphatic heterocycles. The Morgan fingerprint density at radius 2 is 1.23 bits per heavy atom. The molecule has 368 valence electrons. The van der Waals surface area contributed by atoms with E-state index < -0.39 is 147 Å². The first kappa shape index (κ1) is 55.9. The van der Waals surface area contributed by atoms with E-state index in [4.69, 9.17) is 24.7 Å². The molecule has 2 bridgehead atoms. The van der Waals surface area contributed by atoms with E-state index >= 15 is 0 Å². The first-order chi connectivity index (χ1) is 30.6. The zero-order valence-corrected chi connectivity index (χ0v) is 37.6. The van der Waals surface area contributed by atoms with Gasteiger partial charge in [0, 0.05) is 37.5 Å². The number of carbonyl (C=O) groups excluding carboxylic acids is 1. The van der Waals surface area contributed by atoms with Gasteiger partial charge in [-0.2, -0.15) is 0 Å². The van der Waals surface area contributed by atoms with E-state index in [1.807, 2.05) is 19.1 Å². The number of hydrogen-bond donors (Lipinski definition) is 12. The lowest BCUT2D eigenvalue weighted by Crippen LogP contribution is -2.61. The summed E-state index contributed by atoms with van der Waals surface area (Å²) < 4.78 is 23.1. The number of carbonyl (C=O) groups is 2. The maximum absolute atomic E-state index is 12.6. The Hall–Kier alpha value is -3.44. The molecular weight excluding hydrogens is 851 g/mol. The fraction of sp³-hybridized carbons (Fsp3) is 0.660. The van der Waals surface area contributed by atoms with Gasteiger partial charge in [-0.15, -0.1) is 0 Å². The van der Waals surface area contributed by atoms with Gasteiger partial charge in [0.25, 0.3) is 0 Å². The number of cyclic esters (lactones) is 1. The highest BCUT2D eigenvalue weighted by Crippen LogP contribution is 2.38. The molecule has 0 aliphatic carbocycles. The summed E-state index contributed by atoms with van der Waals surface area (Å²) in [5, 5.41) is 118. The second-order valence-electron chi connectivity index (χ2n) is 17.6. The fourth-order valence-corrected chi connectivity index (χ4v) is 7.97. The first-order valence-corrected chi connectivity index (χ1v) is 22.3. The second kappa shape index (κ2) is 27.4. The molecule has 3 heterocycles. The van der Waals surface area contributed by atoms with E-state index in [0.717, 1.165) is 0 Å². The molecule has 13 N–H and O–H groups in total. The molecule has 18 nitrogen and oxygen atoms in total. The summed E-state index contributed by atoms with van der Waals surface area (Å²) in [6.45, 7) is 6.74. The maximum atomic E-state index is 12.6. The van der Waals surface area contributed by atoms with Crippen molar-refractivity contribution >= 4 is 11.9 Å². The van der Waals surface area contributed by atoms with Crippen molar-refractivity contribution in [3.63, 3.8) is 0 Å². The number of carboxylic acid groups (broad SMARTS) is 1. The molecule has 2 unspecified atom stereocenters. The number of aliphatic hydroxyl groups is 10. The molecule has 0 spiro atoms. The predicted molar refractivity (Wildman–Crippen MR) is 237 cm³/mol. The minimum Gasteiger partial charge on any atom is -0.481 e. The Morgan fingerprint density at radius 1 is 0.662 bits per heavy atom. The van der Waals surface area contributed by atoms with Crippen LogP contribution in [0.5, 0.6) is 0 Å². The van der Waals surface area contributed by atoms with Crippen molar-refractivity contribution in [1.29, 1.82) is 0 Å². The number of rotatable bonds is 3. The lowest BCUT2D eigenvalue weighted by atomic mass is 9.82. The highest BCUT2D eigenvalue weighted by molar-refractivity contribution is 5.71. The molecule has 2 saturated heterocycles. The summed E-state index contributed by atoms with van der Waals surface area (Å²) in [6.07, 6.45) is 3.46. The van der Waals surface area contributed by atoms with Gasteiger partial charge in [-0.3, -0.25) is 9.59 Å². The number of allylic oxidation sites excluding steroid dienone is 12. The van der Waals surface area contributed by atoms with E-state index in [9.17, 15) is 65.8 Å². The van der Waals surface area contributed by atoms with Crippen LogP contribution >= 0.6 is 0 Å². The second-order valence-corrected chi connectivity index (χ2v) is 17.6. The molecule has 65 heavy (non-hydrogen) atoms. The third-order valence-electron chi connectivity index (χ3n) is 12.0. The van der Waals surface area contributed by atoms with Gasteiger partial charge in [-0.25, -0.2) is 0 Å². The molecule has 0 aromatic heterocycles. The van der Waals surface area contributed by atoms with Gasteiger partial charge in [0.1, 0.15) is 18.1 Å². The number of aliphatic carboxylic acids is 1. The van der Waals surface area contributed by atoms with Crippen molar-refractivity contribution in [2.45, 2.75) is 177 Å². The number of fused-ring (bicyclic) bond motifs is 2. The summed E-state index contributed by atoms with van der Waals surface area (Å²) in [5.41, 5.74) is 6.02. The average molecular weight is 924 g/mol. The Balaban J connectivity index is 1.86. The summed E-state index contributed by atoms with van der Waals surface area (Å²) in [5.74, 6) is -6.83. The van der Waals surface area contributed by atoms with Crippen molar-refractivity contribution in [3.05, 3.63) is 85.1 Å². The quantitative estimate of drug-likeness (QED) is 0.174. The zero-order chi connectivity index (χ0) is 48.4. The van der Waals surface area contributed by atoms with E-state index in [-0.39, 0.29) is 31.6 Å². The van der Waals surface area contributed by atoms with Crippen molar-refractivity contribution in [1.82, 2.24) is 0 Å². The molecule has 0 aromatic rings. The van der Waals surface area contributed by atoms with Gasteiger partial charge < -0.3 is 80.9 Å². The number of esters is 1. The number of nitrogens with two attached hydrogens (primary N) is 1. The Morgan fingerprint density at radius 3 is 1.82 bits per heavy atom. The minimum absolute atomic E-state index is 0.107. The molecule has 19 atom stereocenters. The van der Waals surface area contributed by atoms with Crippen molar-refractivity contribution in [2.24, 2.45) is 23.5 Å². The molecule has 3 aliphatic rings. The summed E-state index contributed by atoms with van der Waals surface area (Å²) in [4.78, 5) is 25.1. The molecule has 0 saturated carbocycles. The largest absolute Gasteiger partial charge is 0.481 e. The van der Waals surface area contributed by atoms with Crippen LogP contribution in [0.3, 0.4) is 0 Å². The smallest absolute Gasteiger partial charge is 0.311 e. The fourth-order valence-electron chi connectivity index (χ4n) is 7.97. The molecule has 0 radical (unpaired) electrons. The van der Waals surface area contributed by atoms with Crippen LogP contribution in [0.25, 0.3) is 0 Å². The van der Waals surface area contributed by atoms with Crippen LogP contribution < -0.4 is 5.73 Å². The van der Waals surface area contributed by atoms with E-state index in [1.165, 1.54) is 13.0 Å². The van der Waals surface area contributed by atoms with Gasteiger partial charge in [-0.1, -0.05) is 98.9 Å². The van der Waals surface area contributed by atoms with Gasteiger partial charge in [0.2, 0.25) is 0 Å². The van der Waals surface area contributed by atoms with Crippen LogP contribution in [0.1, 0.15) is 79.1 Å². The molecule has 3 rings (SSSR count). The van der Waals surface area contributed by atoms with Crippen molar-refractivity contribution in [2.75, 3.05) is 0 Å². The standard InChI is InChI=1S/C47H73NO17/c1-27-17-15-13-11-9-7-5-6-8-10-12-14-16-18-34(64-46-44(58)41(48)43(57)30(4)63-46)24-38-40(45(59)60)37(54)26-47(61,65-38)25-33(51)22-36(53)35(52)20-19-31(49)21-32(50)23-39(55)62-29(3)28(2)42(27)56/h5-18,27-38,40-44,46,49-54,56-58,61H,19-26,48H2,1-4H3,(H,59,60)/b6-5+,9-7+,10-8+,13-11+,14-12+,17-15+,18-16+/t27-,28-,29-,30-,31+,32+,33-,34-,35+,36+,37-,38?,40+,41+,42+,43-,44+,46?,47-/m0/s1. The van der Waals surface area contributed by atoms with Crippen LogP contribution in [0.15, 0.2) is 85.1 Å². The lowest BCUT2D eigenvalue weighted by Gasteiger charge is -2.45. The first-order valence-electron chi connectivity index (χ1n) is 22.3. The van der Waals surface area contributed by atoms with Crippen molar-refractivity contribution < 1.29 is 84.7 Å². The summed E-state index contributed by atoms with van der Waals surface area (Å²) in [7, 11) is 0. The summed E-state index contributed by atoms with van der Waals surface area (Å²) in [6, 6.07) is -1.15. The molecule has 0 aromatic carbocycles. The summed E-state index contributed by atoms with van der Waals surface area (Å²) >= 11 is 0. The van der Waals surface area contributed by atoms with Crippen LogP contribution in [-0.4, -0.2) is 166 Å². The number of hydrogen-bond acceptors (Lipinski definition) is 17. The highest BCUT2D eigenvalue weighted by Gasteiger charge is 2.51. The van der Waals surface area contributed by atoms with Gasteiger partial charge >= 0.3 is 11.9 Å². The average Bonchev–Trinajstić information content (AvgIpc) is 3.21. The van der Waals surface area contributed by atoms with Crippen LogP contribution in [-0.2, 0) is 28.5 Å². The molecular formula is C47H73NO17. The van der Waals surface area contributed by atoms with Gasteiger partial charge in [-0.05, 0) is 33.1 Å². The zero-order valence-electron chi connectivity index (χ0n) is 37.6. The predicted octanol–water partition coefficient (Wildman–Crippen LogP) is 0.712. The van der Waals surface area contributed by atoms with Crippen LogP contribution in [0.2, 0.25) is 0 Å². The van der Waals surface area contributed by atoms with E-state index in [2.05, 4.69) is 0 Å². The molecule has 0 amide bonds. The number of ether oxygens (including phenoxy) is 4. The monoisotopic (exact) mass is 923 g/mol. The Labute approximate surface area is 381 Å². The number of aliphatic hydroxyl groups excluding tert-OH is 9. The Bertz CT molecular complexity index is 1670. The van der Waals surface area contributed by atoms with Gasteiger partial charge in [0.05, 0.1) is 79.6 Å². The SMILES string of the molecule is C[C@@H]1[C@H](O)[C@@H](C)/C=C/C=C/C=C/C=C/C=C/C=C/C=C/[C@H](OC2O[C@@H](C)[C@H](O)[C@@H](N)[C@H]2O)CC2O[C@@](O)(C[C@@H](O)C[C@@H](O)[C@H](O)CC[C@@H](O)C[C@@H](O)CC(=O)O[C@H]1C)C[C@H](O)[C@H]2C(=O)O. The van der Waals surface area contributed by atoms with Crippen molar-refractivity contribution in [3.8, 4) is 0 Å². The van der Waals surface area contributed by atoms with E-state index in [1.54, 1.807) is 80.7 Å². The molecule has 18 heteroatoms. The third-order valence-corrected chi connectivity index (χ3v) is 12.0. The minimum atomic E-state index is -2.33. The van der Waals surface area contributed by atoms with Gasteiger partial charge in [0.15, 0.2) is 12.1 Å². The lowest BCUT2D eigenvalue weighted by molar-refractivity contribution is -0.308. The van der Waals surface area contributed by atoms with Crippen LogP contribution in [0.4, 0.5) is 0 Å². The third kappa shape index (κ3) is 18.6. The van der Waals surface area contributed by atoms with Crippen LogP contribution in [0, 0.1) is 17.8 Å². The Kier molecular flexibility index (Phi) is 23.6. The normalized spacial score (nSPS) is 45.5. The van der Waals surface area contributed by atoms with E-state index in [0.29, 0.717) is 0 Å². The topological polar surface area (TPSA) is 320 Å². The highest BCUT2D eigenvalue weighted by atomic mass is 16.7. The number of carboxylic acids is 1. The maximum Gasteiger partial charge on any atom is 0.311 e. The molecule has 2 fully saturated rings.